The van der Waals surface area contributed by atoms with Crippen LogP contribution < -0.4 is 5.32 Å². The predicted octanol–water partition coefficient (Wildman–Crippen LogP) is 2.46. The molecule has 0 fully saturated rings. The maximum absolute atomic E-state index is 14.0. The number of hydrogen-bond acceptors (Lipinski definition) is 6. The Morgan fingerprint density at radius 3 is 2.72 bits per heavy atom. The molecule has 0 spiro atoms. The third-order valence-corrected chi connectivity index (χ3v) is 4.18. The molecule has 152 valence electrons. The molecule has 1 unspecified atom stereocenters. The molecule has 3 rings (SSSR count). The molecule has 1 aromatic carbocycles. The van der Waals surface area contributed by atoms with Crippen molar-refractivity contribution in [2.75, 3.05) is 18.5 Å². The van der Waals surface area contributed by atoms with E-state index < -0.39 is 18.5 Å². The Hall–Kier alpha value is -3.17. The Morgan fingerprint density at radius 1 is 1.28 bits per heavy atom. The standard InChI is InChI=1S/C20H21F2N5O2/c1-12(2)18-7-17(26-27(18)10-13-5-3-4-6-15(13)21)20-24-9-16(22)19(25-20)23-8-14(29)11-28/h3-7,9,14,28-29H,1,8,10-11H2,2H3,(H,23,24,25). The van der Waals surface area contributed by atoms with E-state index in [2.05, 4.69) is 27.0 Å². The maximum atomic E-state index is 14.0. The first-order valence-corrected chi connectivity index (χ1v) is 8.92. The molecular weight excluding hydrogens is 380 g/mol. The second kappa shape index (κ2) is 8.89. The summed E-state index contributed by atoms with van der Waals surface area (Å²) >= 11 is 0. The van der Waals surface area contributed by atoms with Gasteiger partial charge in [0, 0.05) is 12.1 Å². The third kappa shape index (κ3) is 4.82. The molecule has 3 aromatic rings. The fourth-order valence-corrected chi connectivity index (χ4v) is 2.67. The molecule has 0 aliphatic carbocycles. The van der Waals surface area contributed by atoms with Crippen molar-refractivity contribution in [2.24, 2.45) is 0 Å². The van der Waals surface area contributed by atoms with Crippen molar-refractivity contribution in [3.63, 3.8) is 0 Å². The van der Waals surface area contributed by atoms with Gasteiger partial charge in [0.2, 0.25) is 0 Å². The average Bonchev–Trinajstić information content (AvgIpc) is 3.13. The summed E-state index contributed by atoms with van der Waals surface area (Å²) in [5.74, 6) is -1.01. The fraction of sp³-hybridized carbons (Fsp3) is 0.250. The highest BCUT2D eigenvalue weighted by Gasteiger charge is 2.16. The molecule has 0 saturated heterocycles. The molecule has 9 heteroatoms. The van der Waals surface area contributed by atoms with E-state index in [0.29, 0.717) is 22.5 Å². The number of aliphatic hydroxyl groups excluding tert-OH is 2. The minimum atomic E-state index is -1.05. The highest BCUT2D eigenvalue weighted by Crippen LogP contribution is 2.23. The summed E-state index contributed by atoms with van der Waals surface area (Å²) in [6.45, 7) is 5.37. The maximum Gasteiger partial charge on any atom is 0.183 e. The second-order valence-electron chi connectivity index (χ2n) is 6.55. The van der Waals surface area contributed by atoms with E-state index >= 15 is 0 Å². The third-order valence-electron chi connectivity index (χ3n) is 4.18. The van der Waals surface area contributed by atoms with E-state index in [1.165, 1.54) is 6.07 Å². The molecule has 3 N–H and O–H groups in total. The van der Waals surface area contributed by atoms with Crippen LogP contribution in [-0.4, -0.2) is 49.2 Å². The zero-order valence-electron chi connectivity index (χ0n) is 15.8. The number of aromatic nitrogens is 4. The number of halogens is 2. The summed E-state index contributed by atoms with van der Waals surface area (Å²) in [5, 5.41) is 25.4. The molecule has 7 nitrogen and oxygen atoms in total. The SMILES string of the molecule is C=C(C)c1cc(-c2ncc(F)c(NCC(O)CO)n2)nn1Cc1ccccc1F. The molecule has 0 radical (unpaired) electrons. The molecule has 0 saturated carbocycles. The topological polar surface area (TPSA) is 96.1 Å². The van der Waals surface area contributed by atoms with Crippen molar-refractivity contribution in [2.45, 2.75) is 19.6 Å². The number of anilines is 1. The molecule has 2 aromatic heterocycles. The number of aliphatic hydroxyl groups is 2. The van der Waals surface area contributed by atoms with Crippen molar-refractivity contribution in [3.05, 3.63) is 66.0 Å². The Kier molecular flexibility index (Phi) is 6.30. The average molecular weight is 401 g/mol. The molecule has 1 atom stereocenters. The molecule has 0 aliphatic rings. The van der Waals surface area contributed by atoms with Gasteiger partial charge in [-0.3, -0.25) is 4.68 Å². The number of nitrogens with zero attached hydrogens (tertiary/aromatic N) is 4. The smallest absolute Gasteiger partial charge is 0.183 e. The molecule has 0 aliphatic heterocycles. The van der Waals surface area contributed by atoms with Gasteiger partial charge in [0.15, 0.2) is 17.5 Å². The van der Waals surface area contributed by atoms with E-state index in [0.717, 1.165) is 6.20 Å². The van der Waals surface area contributed by atoms with E-state index in [1.54, 1.807) is 35.9 Å². The normalized spacial score (nSPS) is 12.0. The van der Waals surface area contributed by atoms with Gasteiger partial charge in [-0.15, -0.1) is 0 Å². The highest BCUT2D eigenvalue weighted by molar-refractivity contribution is 5.64. The first-order chi connectivity index (χ1) is 13.9. The lowest BCUT2D eigenvalue weighted by molar-refractivity contribution is 0.105. The largest absolute Gasteiger partial charge is 0.394 e. The first kappa shape index (κ1) is 20.6. The summed E-state index contributed by atoms with van der Waals surface area (Å²) in [7, 11) is 0. The minimum Gasteiger partial charge on any atom is -0.394 e. The van der Waals surface area contributed by atoms with Crippen LogP contribution in [0.5, 0.6) is 0 Å². The summed E-state index contributed by atoms with van der Waals surface area (Å²) in [6.07, 6.45) is -0.0606. The molecule has 0 bridgehead atoms. The molecule has 29 heavy (non-hydrogen) atoms. The van der Waals surface area contributed by atoms with Crippen LogP contribution in [0.3, 0.4) is 0 Å². The van der Waals surface area contributed by atoms with Crippen LogP contribution in [0.25, 0.3) is 17.1 Å². The van der Waals surface area contributed by atoms with Gasteiger partial charge in [0.25, 0.3) is 0 Å². The summed E-state index contributed by atoms with van der Waals surface area (Å²) in [6, 6.07) is 8.10. The number of nitrogens with one attached hydrogen (secondary N) is 1. The van der Waals surface area contributed by atoms with Crippen LogP contribution >= 0.6 is 0 Å². The van der Waals surface area contributed by atoms with E-state index in [4.69, 9.17) is 5.11 Å². The Labute approximate surface area is 166 Å². The van der Waals surface area contributed by atoms with Crippen molar-refractivity contribution in [3.8, 4) is 11.5 Å². The quantitative estimate of drug-likeness (QED) is 0.537. The van der Waals surface area contributed by atoms with E-state index in [1.807, 2.05) is 0 Å². The Bertz CT molecular complexity index is 1020. The molecule has 0 amide bonds. The van der Waals surface area contributed by atoms with E-state index in [9.17, 15) is 13.9 Å². The van der Waals surface area contributed by atoms with Crippen LogP contribution in [0.15, 0.2) is 43.1 Å². The van der Waals surface area contributed by atoms with Gasteiger partial charge in [-0.05, 0) is 24.6 Å². The van der Waals surface area contributed by atoms with Gasteiger partial charge < -0.3 is 15.5 Å². The highest BCUT2D eigenvalue weighted by atomic mass is 19.1. The monoisotopic (exact) mass is 401 g/mol. The van der Waals surface area contributed by atoms with Gasteiger partial charge in [0.05, 0.1) is 31.1 Å². The van der Waals surface area contributed by atoms with E-state index in [-0.39, 0.29) is 30.5 Å². The summed E-state index contributed by atoms with van der Waals surface area (Å²) in [4.78, 5) is 8.09. The number of benzene rings is 1. The molecular formula is C20H21F2N5O2. The summed E-state index contributed by atoms with van der Waals surface area (Å²) in [5.41, 5.74) is 2.21. The van der Waals surface area contributed by atoms with Crippen LogP contribution in [0.1, 0.15) is 18.2 Å². The van der Waals surface area contributed by atoms with Crippen LogP contribution in [0.2, 0.25) is 0 Å². The number of allylic oxidation sites excluding steroid dienone is 1. The number of rotatable bonds is 8. The number of hydrogen-bond donors (Lipinski definition) is 3. The van der Waals surface area contributed by atoms with Gasteiger partial charge in [-0.2, -0.15) is 5.10 Å². The first-order valence-electron chi connectivity index (χ1n) is 8.92. The van der Waals surface area contributed by atoms with Gasteiger partial charge in [-0.25, -0.2) is 18.7 Å². The van der Waals surface area contributed by atoms with Crippen LogP contribution in [0.4, 0.5) is 14.6 Å². The second-order valence-corrected chi connectivity index (χ2v) is 6.55. The Balaban J connectivity index is 1.93. The minimum absolute atomic E-state index is 0.0807. The lowest BCUT2D eigenvalue weighted by Gasteiger charge is -2.10. The lowest BCUT2D eigenvalue weighted by atomic mass is 10.2. The van der Waals surface area contributed by atoms with Crippen molar-refractivity contribution in [1.82, 2.24) is 19.7 Å². The fourth-order valence-electron chi connectivity index (χ4n) is 2.67. The van der Waals surface area contributed by atoms with Crippen molar-refractivity contribution < 1.29 is 19.0 Å². The van der Waals surface area contributed by atoms with Gasteiger partial charge in [0.1, 0.15) is 11.5 Å². The van der Waals surface area contributed by atoms with Crippen LogP contribution in [-0.2, 0) is 6.54 Å². The Morgan fingerprint density at radius 2 is 2.03 bits per heavy atom. The van der Waals surface area contributed by atoms with Crippen molar-refractivity contribution >= 4 is 11.4 Å². The zero-order chi connectivity index (χ0) is 21.0. The lowest BCUT2D eigenvalue weighted by Crippen LogP contribution is -2.24. The van der Waals surface area contributed by atoms with Gasteiger partial charge in [-0.1, -0.05) is 24.8 Å². The van der Waals surface area contributed by atoms with Gasteiger partial charge >= 0.3 is 0 Å². The van der Waals surface area contributed by atoms with Crippen LogP contribution in [0, 0.1) is 11.6 Å². The predicted molar refractivity (Wildman–Crippen MR) is 105 cm³/mol. The van der Waals surface area contributed by atoms with Crippen molar-refractivity contribution in [1.29, 1.82) is 0 Å². The zero-order valence-corrected chi connectivity index (χ0v) is 15.8. The summed E-state index contributed by atoms with van der Waals surface area (Å²) < 4.78 is 29.6. The molecule has 2 heterocycles.